The van der Waals surface area contributed by atoms with Crippen molar-refractivity contribution in [3.8, 4) is 0 Å². The molecular weight excluding hydrogens is 207 g/mol. The summed E-state index contributed by atoms with van der Waals surface area (Å²) in [7, 11) is -4.79. The molecule has 0 bridgehead atoms. The van der Waals surface area contributed by atoms with Gasteiger partial charge in [0.1, 0.15) is 0 Å². The summed E-state index contributed by atoms with van der Waals surface area (Å²) in [6.07, 6.45) is 0. The van der Waals surface area contributed by atoms with Gasteiger partial charge in [-0.1, -0.05) is 0 Å². The SMILES string of the molecule is O=S([O-])[Se]S(=O)[O-]. The molecule has 0 radical (unpaired) electrons. The summed E-state index contributed by atoms with van der Waals surface area (Å²) in [6, 6.07) is 0. The average molecular weight is 207 g/mol. The van der Waals surface area contributed by atoms with Gasteiger partial charge in [-0.25, -0.2) is 0 Å². The summed E-state index contributed by atoms with van der Waals surface area (Å²) in [5, 5.41) is 0. The first-order valence-electron chi connectivity index (χ1n) is 1.00. The molecular formula is O4S2Se-2. The van der Waals surface area contributed by atoms with Crippen molar-refractivity contribution in [3.05, 3.63) is 0 Å². The van der Waals surface area contributed by atoms with Crippen LogP contribution >= 0.6 is 0 Å². The molecule has 2 atom stereocenters. The van der Waals surface area contributed by atoms with E-state index in [-0.39, 0.29) is 0 Å². The Kier molecular flexibility index (Phi) is 4.10. The van der Waals surface area contributed by atoms with Gasteiger partial charge in [0.2, 0.25) is 0 Å². The molecule has 0 aromatic carbocycles. The van der Waals surface area contributed by atoms with Crippen molar-refractivity contribution in [1.29, 1.82) is 0 Å². The molecule has 2 unspecified atom stereocenters. The van der Waals surface area contributed by atoms with Crippen molar-refractivity contribution in [2.45, 2.75) is 0 Å². The molecule has 0 amide bonds. The Morgan fingerprint density at radius 1 is 1.14 bits per heavy atom. The van der Waals surface area contributed by atoms with E-state index in [0.29, 0.717) is 0 Å². The molecule has 0 rings (SSSR count). The Hall–Kier alpha value is 0.739. The fourth-order valence-electron chi connectivity index (χ4n) is 0.0454. The van der Waals surface area contributed by atoms with Gasteiger partial charge in [-0.2, -0.15) is 0 Å². The second-order valence-corrected chi connectivity index (χ2v) is 7.83. The van der Waals surface area contributed by atoms with Crippen molar-refractivity contribution in [1.82, 2.24) is 0 Å². The van der Waals surface area contributed by atoms with E-state index in [1.165, 1.54) is 0 Å². The van der Waals surface area contributed by atoms with E-state index in [1.807, 2.05) is 0 Å². The van der Waals surface area contributed by atoms with Crippen molar-refractivity contribution in [2.75, 3.05) is 0 Å². The second-order valence-electron chi connectivity index (χ2n) is 0.476. The van der Waals surface area contributed by atoms with Crippen LogP contribution in [0.1, 0.15) is 0 Å². The Labute approximate surface area is 49.5 Å². The van der Waals surface area contributed by atoms with Gasteiger partial charge in [-0.15, -0.1) is 0 Å². The molecule has 0 spiro atoms. The predicted octanol–water partition coefficient (Wildman–Crippen LogP) is -1.72. The zero-order valence-electron chi connectivity index (χ0n) is 2.86. The van der Waals surface area contributed by atoms with E-state index in [0.717, 1.165) is 0 Å². The van der Waals surface area contributed by atoms with Gasteiger partial charge in [0.25, 0.3) is 0 Å². The molecule has 7 heteroatoms. The van der Waals surface area contributed by atoms with Crippen LogP contribution in [0.15, 0.2) is 0 Å². The first-order chi connectivity index (χ1) is 3.13. The van der Waals surface area contributed by atoms with Crippen LogP contribution in [-0.2, 0) is 19.0 Å². The van der Waals surface area contributed by atoms with E-state index in [4.69, 9.17) is 0 Å². The predicted molar refractivity (Wildman–Crippen MR) is 23.6 cm³/mol. The standard InChI is InChI=1S/H2O4S2Se/c1-5(2)7-6(3)4/h(H,1,2)(H,3,4)/p-2. The van der Waals surface area contributed by atoms with Gasteiger partial charge in [0.15, 0.2) is 0 Å². The summed E-state index contributed by atoms with van der Waals surface area (Å²) >= 11 is -1.29. The Bertz CT molecular complexity index is 85.9. The molecule has 0 aliphatic rings. The Morgan fingerprint density at radius 2 is 1.43 bits per heavy atom. The van der Waals surface area contributed by atoms with E-state index >= 15 is 0 Å². The summed E-state index contributed by atoms with van der Waals surface area (Å²) in [6.45, 7) is 0. The molecule has 0 saturated heterocycles. The van der Waals surface area contributed by atoms with E-state index < -0.39 is 31.7 Å². The molecule has 44 valence electrons. The zero-order valence-corrected chi connectivity index (χ0v) is 6.20. The van der Waals surface area contributed by atoms with Crippen molar-refractivity contribution in [2.24, 2.45) is 0 Å². The normalized spacial score (nSPS) is 18.6. The fraction of sp³-hybridized carbons (Fsp3) is 0. The molecule has 0 fully saturated rings. The van der Waals surface area contributed by atoms with Gasteiger partial charge in [0.05, 0.1) is 0 Å². The third-order valence-corrected chi connectivity index (χ3v) is 5.20. The van der Waals surface area contributed by atoms with Gasteiger partial charge in [0, 0.05) is 0 Å². The van der Waals surface area contributed by atoms with Gasteiger partial charge < -0.3 is 0 Å². The molecule has 4 nitrogen and oxygen atoms in total. The summed E-state index contributed by atoms with van der Waals surface area (Å²) < 4.78 is 37.8. The van der Waals surface area contributed by atoms with Crippen LogP contribution in [0.3, 0.4) is 0 Å². The molecule has 7 heavy (non-hydrogen) atoms. The second kappa shape index (κ2) is 3.71. The van der Waals surface area contributed by atoms with E-state index in [1.54, 1.807) is 0 Å². The maximum atomic E-state index is 9.44. The summed E-state index contributed by atoms with van der Waals surface area (Å²) in [5.41, 5.74) is 0. The van der Waals surface area contributed by atoms with E-state index in [2.05, 4.69) is 0 Å². The average Bonchev–Trinajstić information content (AvgIpc) is 1.27. The Balaban J connectivity index is 3.32. The van der Waals surface area contributed by atoms with E-state index in [9.17, 15) is 17.5 Å². The van der Waals surface area contributed by atoms with Crippen LogP contribution in [0.5, 0.6) is 0 Å². The monoisotopic (exact) mass is 208 g/mol. The third-order valence-electron chi connectivity index (χ3n) is 0.111. The number of rotatable bonds is 2. The van der Waals surface area contributed by atoms with Crippen LogP contribution in [0, 0.1) is 0 Å². The van der Waals surface area contributed by atoms with Crippen LogP contribution in [0.4, 0.5) is 0 Å². The number of hydrogen-bond donors (Lipinski definition) is 0. The van der Waals surface area contributed by atoms with Crippen LogP contribution in [0.2, 0.25) is 0 Å². The van der Waals surface area contributed by atoms with Crippen molar-refractivity contribution in [3.63, 3.8) is 0 Å². The summed E-state index contributed by atoms with van der Waals surface area (Å²) in [4.78, 5) is 0. The van der Waals surface area contributed by atoms with Gasteiger partial charge in [-0.05, 0) is 0 Å². The molecule has 0 aromatic heterocycles. The van der Waals surface area contributed by atoms with Gasteiger partial charge in [-0.3, -0.25) is 0 Å². The molecule has 0 aliphatic heterocycles. The molecule has 0 aliphatic carbocycles. The minimum absolute atomic E-state index is 1.29. The van der Waals surface area contributed by atoms with Crippen LogP contribution < -0.4 is 0 Å². The molecule has 0 heterocycles. The van der Waals surface area contributed by atoms with Gasteiger partial charge >= 0.3 is 49.2 Å². The fourth-order valence-corrected chi connectivity index (χ4v) is 2.12. The molecule has 0 N–H and O–H groups in total. The van der Waals surface area contributed by atoms with Crippen molar-refractivity contribution >= 4 is 31.7 Å². The number of hydrogen-bond acceptors (Lipinski definition) is 4. The first-order valence-corrected chi connectivity index (χ1v) is 7.20. The Morgan fingerprint density at radius 3 is 1.43 bits per heavy atom. The third kappa shape index (κ3) is 6.74. The maximum absolute atomic E-state index is 9.44. The van der Waals surface area contributed by atoms with Crippen molar-refractivity contribution < 1.29 is 17.5 Å². The quantitative estimate of drug-likeness (QED) is 0.398. The zero-order chi connectivity index (χ0) is 5.86. The van der Waals surface area contributed by atoms with Crippen LogP contribution in [0.25, 0.3) is 0 Å². The molecule has 0 aromatic rings. The van der Waals surface area contributed by atoms with Crippen LogP contribution in [-0.4, -0.2) is 30.2 Å². The minimum atomic E-state index is -2.40. The first kappa shape index (κ1) is 7.74. The topological polar surface area (TPSA) is 80.3 Å². The summed E-state index contributed by atoms with van der Waals surface area (Å²) in [5.74, 6) is 0. The molecule has 0 saturated carbocycles.